The number of rotatable bonds is 3. The topological polar surface area (TPSA) is 80.1 Å². The Balaban J connectivity index is 1.69. The first-order valence-electron chi connectivity index (χ1n) is 7.89. The summed E-state index contributed by atoms with van der Waals surface area (Å²) in [6, 6.07) is 5.15. The summed E-state index contributed by atoms with van der Waals surface area (Å²) in [7, 11) is 0. The molecule has 0 radical (unpaired) electrons. The number of carbonyl (C=O) groups is 1. The van der Waals surface area contributed by atoms with E-state index in [1.165, 1.54) is 0 Å². The summed E-state index contributed by atoms with van der Waals surface area (Å²) in [6.45, 7) is 1.71. The van der Waals surface area contributed by atoms with Crippen LogP contribution in [0, 0.1) is 12.7 Å². The number of anilines is 1. The highest BCUT2D eigenvalue weighted by Gasteiger charge is 2.21. The van der Waals surface area contributed by atoms with Crippen LogP contribution in [0.1, 0.15) is 42.0 Å². The van der Waals surface area contributed by atoms with E-state index in [1.54, 1.807) is 31.3 Å². The van der Waals surface area contributed by atoms with Crippen molar-refractivity contribution in [3.05, 3.63) is 47.9 Å². The maximum absolute atomic E-state index is 13.8. The third-order valence-corrected chi connectivity index (χ3v) is 3.85. The van der Waals surface area contributed by atoms with Gasteiger partial charge in [0.05, 0.1) is 6.20 Å². The minimum atomic E-state index is -0.478. The molecule has 2 aromatic rings. The number of aromatic nitrogens is 3. The van der Waals surface area contributed by atoms with E-state index in [1.807, 2.05) is 0 Å². The van der Waals surface area contributed by atoms with E-state index in [-0.39, 0.29) is 17.8 Å². The van der Waals surface area contributed by atoms with Crippen molar-refractivity contribution < 1.29 is 9.18 Å². The fraction of sp³-hybridized carbons (Fsp3) is 0.353. The molecule has 2 aromatic heterocycles. The molecule has 0 aromatic carbocycles. The zero-order valence-electron chi connectivity index (χ0n) is 13.4. The van der Waals surface area contributed by atoms with Crippen LogP contribution >= 0.6 is 0 Å². The van der Waals surface area contributed by atoms with Gasteiger partial charge >= 0.3 is 0 Å². The van der Waals surface area contributed by atoms with Gasteiger partial charge in [0.1, 0.15) is 11.5 Å². The molecule has 7 heteroatoms. The van der Waals surface area contributed by atoms with Crippen LogP contribution in [-0.4, -0.2) is 32.6 Å². The normalized spacial score (nSPS) is 19.2. The molecule has 2 heterocycles. The average Bonchev–Trinajstić information content (AvgIpc) is 2.59. The minimum Gasteiger partial charge on any atom is -0.364 e. The highest BCUT2D eigenvalue weighted by atomic mass is 19.1. The molecular weight excluding hydrogens is 309 g/mol. The second kappa shape index (κ2) is 7.25. The lowest BCUT2D eigenvalue weighted by molar-refractivity contribution is 0.0997. The number of carbonyl (C=O) groups excluding carboxylic acids is 1. The van der Waals surface area contributed by atoms with Crippen molar-refractivity contribution >= 4 is 17.4 Å². The van der Waals surface area contributed by atoms with Crippen molar-refractivity contribution in [3.63, 3.8) is 0 Å². The lowest BCUT2D eigenvalue weighted by Crippen LogP contribution is -2.29. The molecule has 0 aliphatic heterocycles. The Labute approximate surface area is 139 Å². The molecular formula is C17H18FN5O. The SMILES string of the molecule is Cc1ncc(F)c(N[C@@H]2CCCC(=NC(=O)c3ccccn3)C2)n1. The maximum Gasteiger partial charge on any atom is 0.295 e. The molecule has 0 unspecified atom stereocenters. The summed E-state index contributed by atoms with van der Waals surface area (Å²) in [4.78, 5) is 28.2. The highest BCUT2D eigenvalue weighted by molar-refractivity contribution is 6.03. The molecule has 1 fully saturated rings. The highest BCUT2D eigenvalue weighted by Crippen LogP contribution is 2.21. The summed E-state index contributed by atoms with van der Waals surface area (Å²) in [5, 5.41) is 3.10. The smallest absolute Gasteiger partial charge is 0.295 e. The van der Waals surface area contributed by atoms with Crippen LogP contribution in [0.15, 0.2) is 35.6 Å². The summed E-state index contributed by atoms with van der Waals surface area (Å²) in [6.07, 6.45) is 5.84. The fourth-order valence-corrected chi connectivity index (χ4v) is 2.71. The van der Waals surface area contributed by atoms with Crippen molar-refractivity contribution in [2.24, 2.45) is 4.99 Å². The van der Waals surface area contributed by atoms with Gasteiger partial charge in [-0.3, -0.25) is 9.78 Å². The van der Waals surface area contributed by atoms with Gasteiger partial charge in [-0.1, -0.05) is 6.07 Å². The summed E-state index contributed by atoms with van der Waals surface area (Å²) in [5.41, 5.74) is 1.14. The molecule has 124 valence electrons. The van der Waals surface area contributed by atoms with E-state index in [0.717, 1.165) is 31.2 Å². The largest absolute Gasteiger partial charge is 0.364 e. The summed E-state index contributed by atoms with van der Waals surface area (Å²) >= 11 is 0. The predicted molar refractivity (Wildman–Crippen MR) is 88.6 cm³/mol. The standard InChI is InChI=1S/C17H18FN5O/c1-11-20-10-14(18)16(21-11)22-12-5-4-6-13(9-12)23-17(24)15-7-2-3-8-19-15/h2-3,7-8,10,12H,4-6,9H2,1H3,(H,20,21,22)/t12-/m1/s1. The zero-order valence-corrected chi connectivity index (χ0v) is 13.4. The number of aliphatic imine (C=N–C) groups is 1. The van der Waals surface area contributed by atoms with Gasteiger partial charge in [0.2, 0.25) is 0 Å². The number of aryl methyl sites for hydroxylation is 1. The van der Waals surface area contributed by atoms with Crippen LogP contribution in [0.4, 0.5) is 10.2 Å². The molecule has 1 aliphatic rings. The van der Waals surface area contributed by atoms with E-state index in [2.05, 4.69) is 25.3 Å². The first-order valence-corrected chi connectivity index (χ1v) is 7.89. The molecule has 3 rings (SSSR count). The fourth-order valence-electron chi connectivity index (χ4n) is 2.71. The Morgan fingerprint density at radius 1 is 1.38 bits per heavy atom. The van der Waals surface area contributed by atoms with E-state index in [4.69, 9.17) is 0 Å². The van der Waals surface area contributed by atoms with Crippen LogP contribution in [0.25, 0.3) is 0 Å². The van der Waals surface area contributed by atoms with E-state index < -0.39 is 5.82 Å². The van der Waals surface area contributed by atoms with Gasteiger partial charge in [0, 0.05) is 24.4 Å². The third kappa shape index (κ3) is 3.98. The van der Waals surface area contributed by atoms with Gasteiger partial charge in [-0.2, -0.15) is 0 Å². The Bertz CT molecular complexity index is 763. The van der Waals surface area contributed by atoms with Gasteiger partial charge < -0.3 is 5.32 Å². The zero-order chi connectivity index (χ0) is 16.9. The number of hydrogen-bond donors (Lipinski definition) is 1. The van der Waals surface area contributed by atoms with Gasteiger partial charge in [-0.25, -0.2) is 19.4 Å². The van der Waals surface area contributed by atoms with Crippen LogP contribution in [-0.2, 0) is 0 Å². The van der Waals surface area contributed by atoms with Crippen molar-refractivity contribution in [3.8, 4) is 0 Å². The second-order valence-corrected chi connectivity index (χ2v) is 5.75. The summed E-state index contributed by atoms with van der Waals surface area (Å²) in [5.74, 6) is -0.108. The van der Waals surface area contributed by atoms with Crippen LogP contribution in [0.5, 0.6) is 0 Å². The molecule has 0 bridgehead atoms. The number of hydrogen-bond acceptors (Lipinski definition) is 5. The van der Waals surface area contributed by atoms with Crippen molar-refractivity contribution in [2.45, 2.75) is 38.6 Å². The van der Waals surface area contributed by atoms with Gasteiger partial charge in [0.15, 0.2) is 11.6 Å². The molecule has 24 heavy (non-hydrogen) atoms. The molecule has 0 saturated heterocycles. The van der Waals surface area contributed by atoms with Crippen molar-refractivity contribution in [2.75, 3.05) is 5.32 Å². The van der Waals surface area contributed by atoms with E-state index >= 15 is 0 Å². The van der Waals surface area contributed by atoms with E-state index in [9.17, 15) is 9.18 Å². The monoisotopic (exact) mass is 327 g/mol. The van der Waals surface area contributed by atoms with Gasteiger partial charge in [0.25, 0.3) is 5.91 Å². The van der Waals surface area contributed by atoms with Crippen molar-refractivity contribution in [1.82, 2.24) is 15.0 Å². The lowest BCUT2D eigenvalue weighted by atomic mass is 9.93. The Kier molecular flexibility index (Phi) is 4.88. The lowest BCUT2D eigenvalue weighted by Gasteiger charge is -2.24. The van der Waals surface area contributed by atoms with Gasteiger partial charge in [-0.15, -0.1) is 0 Å². The third-order valence-electron chi connectivity index (χ3n) is 3.85. The van der Waals surface area contributed by atoms with E-state index in [0.29, 0.717) is 17.9 Å². The number of halogens is 1. The Morgan fingerprint density at radius 2 is 2.25 bits per heavy atom. The molecule has 1 N–H and O–H groups in total. The average molecular weight is 327 g/mol. The Hall–Kier alpha value is -2.70. The molecule has 1 atom stereocenters. The number of pyridine rings is 1. The minimum absolute atomic E-state index is 0.00201. The quantitative estimate of drug-likeness (QED) is 0.937. The van der Waals surface area contributed by atoms with Crippen LogP contribution < -0.4 is 5.32 Å². The number of nitrogens with one attached hydrogen (secondary N) is 1. The predicted octanol–water partition coefficient (Wildman–Crippen LogP) is 2.96. The maximum atomic E-state index is 13.8. The molecule has 6 nitrogen and oxygen atoms in total. The first kappa shape index (κ1) is 16.2. The Morgan fingerprint density at radius 3 is 3.04 bits per heavy atom. The molecule has 1 amide bonds. The second-order valence-electron chi connectivity index (χ2n) is 5.75. The van der Waals surface area contributed by atoms with Gasteiger partial charge in [-0.05, 0) is 38.3 Å². The number of nitrogens with zero attached hydrogens (tertiary/aromatic N) is 4. The molecule has 0 spiro atoms. The van der Waals surface area contributed by atoms with Crippen LogP contribution in [0.3, 0.4) is 0 Å². The van der Waals surface area contributed by atoms with Crippen molar-refractivity contribution in [1.29, 1.82) is 0 Å². The molecule has 1 aliphatic carbocycles. The summed E-state index contributed by atoms with van der Waals surface area (Å²) < 4.78 is 13.8. The first-order chi connectivity index (χ1) is 11.6. The van der Waals surface area contributed by atoms with Crippen LogP contribution in [0.2, 0.25) is 0 Å². The molecule has 1 saturated carbocycles. The number of amides is 1.